The van der Waals surface area contributed by atoms with E-state index in [1.54, 1.807) is 16.4 Å². The van der Waals surface area contributed by atoms with Crippen LogP contribution in [0.15, 0.2) is 40.7 Å². The van der Waals surface area contributed by atoms with Crippen LogP contribution in [0.2, 0.25) is 0 Å². The van der Waals surface area contributed by atoms with Gasteiger partial charge in [0.15, 0.2) is 0 Å². The molecule has 1 aromatic carbocycles. The van der Waals surface area contributed by atoms with E-state index in [1.165, 1.54) is 7.11 Å². The molecule has 0 aliphatic carbocycles. The van der Waals surface area contributed by atoms with Crippen LogP contribution in [-0.4, -0.2) is 40.2 Å². The lowest BCUT2D eigenvalue weighted by Crippen LogP contribution is -2.29. The van der Waals surface area contributed by atoms with Crippen molar-refractivity contribution in [1.82, 2.24) is 14.8 Å². The Morgan fingerprint density at radius 3 is 2.89 bits per heavy atom. The zero-order valence-electron chi connectivity index (χ0n) is 16.0. The van der Waals surface area contributed by atoms with E-state index in [-0.39, 0.29) is 0 Å². The average Bonchev–Trinajstić information content (AvgIpc) is 3.07. The van der Waals surface area contributed by atoms with Gasteiger partial charge in [0, 0.05) is 5.70 Å². The Morgan fingerprint density at radius 1 is 1.37 bits per heavy atom. The summed E-state index contributed by atoms with van der Waals surface area (Å²) in [6, 6.07) is 7.31. The molecule has 0 fully saturated rings. The number of hydrogen-bond donors (Lipinski definition) is 1. The number of allylic oxidation sites excluding steroid dienone is 1. The molecule has 27 heavy (non-hydrogen) atoms. The van der Waals surface area contributed by atoms with Gasteiger partial charge in [-0.2, -0.15) is 4.98 Å². The van der Waals surface area contributed by atoms with Crippen LogP contribution in [0.25, 0.3) is 0 Å². The number of rotatable bonds is 7. The number of carbonyl (C=O) groups excluding carboxylic acids is 1. The summed E-state index contributed by atoms with van der Waals surface area (Å²) >= 11 is 1.55. The summed E-state index contributed by atoms with van der Waals surface area (Å²) < 4.78 is 12.6. The number of nitrogens with zero attached hydrogens (tertiary/aromatic N) is 3. The molecule has 1 aromatic heterocycles. The predicted octanol–water partition coefficient (Wildman–Crippen LogP) is 3.64. The maximum absolute atomic E-state index is 12.5. The number of thioether (sulfide) groups is 1. The van der Waals surface area contributed by atoms with Crippen molar-refractivity contribution >= 4 is 23.7 Å². The second-order valence-corrected chi connectivity index (χ2v) is 7.31. The van der Waals surface area contributed by atoms with E-state index in [1.807, 2.05) is 38.1 Å². The first-order valence-electron chi connectivity index (χ1n) is 8.97. The van der Waals surface area contributed by atoms with Gasteiger partial charge in [-0.25, -0.2) is 9.48 Å². The largest absolute Gasteiger partial charge is 0.494 e. The number of hydrogen-bond acceptors (Lipinski definition) is 7. The summed E-state index contributed by atoms with van der Waals surface area (Å²) in [5.74, 6) is 1.85. The third-order valence-corrected chi connectivity index (χ3v) is 4.88. The third kappa shape index (κ3) is 3.95. The van der Waals surface area contributed by atoms with E-state index < -0.39 is 12.0 Å². The number of fused-ring (bicyclic) bond motifs is 1. The summed E-state index contributed by atoms with van der Waals surface area (Å²) in [5.41, 5.74) is 2.11. The van der Waals surface area contributed by atoms with Crippen LogP contribution in [0, 0.1) is 0 Å². The van der Waals surface area contributed by atoms with E-state index in [4.69, 9.17) is 9.47 Å². The van der Waals surface area contributed by atoms with Crippen LogP contribution in [0.1, 0.15) is 38.8 Å². The molecule has 0 saturated carbocycles. The van der Waals surface area contributed by atoms with Crippen LogP contribution >= 0.6 is 11.8 Å². The summed E-state index contributed by atoms with van der Waals surface area (Å²) in [7, 11) is 1.38. The Morgan fingerprint density at radius 2 is 2.19 bits per heavy atom. The molecule has 1 aliphatic rings. The first-order valence-corrected chi connectivity index (χ1v) is 9.95. The van der Waals surface area contributed by atoms with E-state index >= 15 is 0 Å². The molecule has 1 N–H and O–H groups in total. The fourth-order valence-corrected chi connectivity index (χ4v) is 3.55. The molecule has 3 rings (SSSR count). The highest BCUT2D eigenvalue weighted by Crippen LogP contribution is 2.37. The number of benzene rings is 1. The fraction of sp³-hybridized carbons (Fsp3) is 0.421. The quantitative estimate of drug-likeness (QED) is 0.573. The SMILES string of the molecule is CCCOc1cccc(C2C(C(=O)OC)=C(C)Nc3nc(SCC)nn32)c1. The highest BCUT2D eigenvalue weighted by atomic mass is 32.2. The minimum absolute atomic E-state index is 0.393. The molecule has 2 aromatic rings. The first-order chi connectivity index (χ1) is 13.1. The second-order valence-electron chi connectivity index (χ2n) is 6.07. The van der Waals surface area contributed by atoms with Crippen LogP contribution in [0.5, 0.6) is 5.75 Å². The number of ether oxygens (including phenoxy) is 2. The summed E-state index contributed by atoms with van der Waals surface area (Å²) in [6.45, 7) is 6.60. The molecule has 1 aliphatic heterocycles. The van der Waals surface area contributed by atoms with Gasteiger partial charge >= 0.3 is 5.97 Å². The Hall–Kier alpha value is -2.48. The molecule has 7 nitrogen and oxygen atoms in total. The predicted molar refractivity (Wildman–Crippen MR) is 105 cm³/mol. The molecule has 144 valence electrons. The van der Waals surface area contributed by atoms with Crippen molar-refractivity contribution in [3.8, 4) is 5.75 Å². The van der Waals surface area contributed by atoms with Crippen molar-refractivity contribution < 1.29 is 14.3 Å². The minimum Gasteiger partial charge on any atom is -0.494 e. The molecule has 8 heteroatoms. The van der Waals surface area contributed by atoms with Gasteiger partial charge in [0.25, 0.3) is 0 Å². The van der Waals surface area contributed by atoms with Crippen LogP contribution in [0.3, 0.4) is 0 Å². The Balaban J connectivity index is 2.09. The molecular weight excluding hydrogens is 364 g/mol. The van der Waals surface area contributed by atoms with E-state index in [0.717, 1.165) is 23.5 Å². The van der Waals surface area contributed by atoms with Crippen molar-refractivity contribution in [1.29, 1.82) is 0 Å². The monoisotopic (exact) mass is 388 g/mol. The normalized spacial score (nSPS) is 15.9. The van der Waals surface area contributed by atoms with E-state index in [0.29, 0.717) is 29.0 Å². The molecule has 0 radical (unpaired) electrons. The van der Waals surface area contributed by atoms with Crippen molar-refractivity contribution in [2.75, 3.05) is 24.8 Å². The summed E-state index contributed by atoms with van der Waals surface area (Å²) in [6.07, 6.45) is 0.925. The lowest BCUT2D eigenvalue weighted by Gasteiger charge is -2.28. The maximum Gasteiger partial charge on any atom is 0.338 e. The summed E-state index contributed by atoms with van der Waals surface area (Å²) in [4.78, 5) is 17.1. The van der Waals surface area contributed by atoms with Crippen LogP contribution < -0.4 is 10.1 Å². The number of anilines is 1. The van der Waals surface area contributed by atoms with Gasteiger partial charge < -0.3 is 14.8 Å². The van der Waals surface area contributed by atoms with Gasteiger partial charge in [0.1, 0.15) is 11.8 Å². The van der Waals surface area contributed by atoms with Gasteiger partial charge in [-0.05, 0) is 36.8 Å². The van der Waals surface area contributed by atoms with Crippen molar-refractivity contribution in [3.63, 3.8) is 0 Å². The number of carbonyl (C=O) groups is 1. The molecule has 0 spiro atoms. The highest BCUT2D eigenvalue weighted by molar-refractivity contribution is 7.99. The minimum atomic E-state index is -0.433. The van der Waals surface area contributed by atoms with E-state index in [9.17, 15) is 4.79 Å². The number of nitrogens with one attached hydrogen (secondary N) is 1. The van der Waals surface area contributed by atoms with Gasteiger partial charge in [-0.3, -0.25) is 0 Å². The lowest BCUT2D eigenvalue weighted by atomic mass is 9.95. The Labute approximate surface area is 163 Å². The molecule has 1 unspecified atom stereocenters. The first kappa shape index (κ1) is 19.3. The zero-order chi connectivity index (χ0) is 19.4. The molecule has 2 heterocycles. The van der Waals surface area contributed by atoms with Gasteiger partial charge in [-0.1, -0.05) is 37.7 Å². The van der Waals surface area contributed by atoms with Crippen molar-refractivity contribution in [3.05, 3.63) is 41.1 Å². The fourth-order valence-electron chi connectivity index (χ4n) is 3.00. The molecule has 0 saturated heterocycles. The average molecular weight is 388 g/mol. The smallest absolute Gasteiger partial charge is 0.338 e. The molecule has 1 atom stereocenters. The number of aromatic nitrogens is 3. The zero-order valence-corrected chi connectivity index (χ0v) is 16.8. The molecule has 0 bridgehead atoms. The van der Waals surface area contributed by atoms with Gasteiger partial charge in [-0.15, -0.1) is 5.10 Å². The maximum atomic E-state index is 12.5. The number of methoxy groups -OCH3 is 1. The van der Waals surface area contributed by atoms with Crippen LogP contribution in [-0.2, 0) is 9.53 Å². The van der Waals surface area contributed by atoms with Crippen molar-refractivity contribution in [2.24, 2.45) is 0 Å². The van der Waals surface area contributed by atoms with Crippen LogP contribution in [0.4, 0.5) is 5.95 Å². The Kier molecular flexibility index (Phi) is 6.05. The van der Waals surface area contributed by atoms with Gasteiger partial charge in [0.05, 0.1) is 19.3 Å². The Bertz CT molecular complexity index is 862. The summed E-state index contributed by atoms with van der Waals surface area (Å²) in [5, 5.41) is 8.46. The number of esters is 1. The topological polar surface area (TPSA) is 78.3 Å². The lowest BCUT2D eigenvalue weighted by molar-refractivity contribution is -0.136. The molecule has 0 amide bonds. The second kappa shape index (κ2) is 8.47. The highest BCUT2D eigenvalue weighted by Gasteiger charge is 2.35. The van der Waals surface area contributed by atoms with Crippen molar-refractivity contribution in [2.45, 2.75) is 38.4 Å². The van der Waals surface area contributed by atoms with E-state index in [2.05, 4.69) is 22.3 Å². The third-order valence-electron chi connectivity index (χ3n) is 4.16. The standard InChI is InChI=1S/C19H24N4O3S/c1-5-10-26-14-9-7-8-13(11-14)16-15(17(24)25-4)12(3)20-18-21-19(27-6-2)22-23(16)18/h7-9,11,16H,5-6,10H2,1-4H3,(H,20,21,22). The molecular formula is C19H24N4O3S. The van der Waals surface area contributed by atoms with Gasteiger partial charge in [0.2, 0.25) is 11.1 Å².